The summed E-state index contributed by atoms with van der Waals surface area (Å²) in [5.41, 5.74) is 7.33. The molecule has 3 N–H and O–H groups in total. The van der Waals surface area contributed by atoms with E-state index in [4.69, 9.17) is 5.73 Å². The highest BCUT2D eigenvalue weighted by molar-refractivity contribution is 5.85. The summed E-state index contributed by atoms with van der Waals surface area (Å²) in [5, 5.41) is 4.24. The molecular weight excluding hydrogens is 238 g/mol. The maximum absolute atomic E-state index is 11.5. The summed E-state index contributed by atoms with van der Waals surface area (Å²) in [6.45, 7) is 5.89. The number of pyridine rings is 1. The minimum atomic E-state index is -0.410. The second-order valence-electron chi connectivity index (χ2n) is 5.11. The van der Waals surface area contributed by atoms with Gasteiger partial charge in [0.05, 0.1) is 5.52 Å². The number of hydrogen-bond donors (Lipinski definition) is 2. The first-order valence-electron chi connectivity index (χ1n) is 6.41. The van der Waals surface area contributed by atoms with E-state index < -0.39 is 6.04 Å². The number of fused-ring (bicyclic) bond motifs is 1. The molecule has 1 heterocycles. The average molecular weight is 257 g/mol. The molecule has 1 aromatic carbocycles. The fraction of sp³-hybridized carbons (Fsp3) is 0.333. The van der Waals surface area contributed by atoms with E-state index in [2.05, 4.69) is 16.4 Å². The van der Waals surface area contributed by atoms with Gasteiger partial charge in [0.2, 0.25) is 5.91 Å². The number of benzene rings is 1. The van der Waals surface area contributed by atoms with Crippen molar-refractivity contribution < 1.29 is 4.79 Å². The molecule has 0 saturated carbocycles. The van der Waals surface area contributed by atoms with Gasteiger partial charge in [-0.05, 0) is 30.5 Å². The van der Waals surface area contributed by atoms with Gasteiger partial charge in [-0.15, -0.1) is 0 Å². The number of rotatable bonds is 4. The van der Waals surface area contributed by atoms with Gasteiger partial charge in [-0.3, -0.25) is 4.79 Å². The molecular formula is C15H19N3O. The quantitative estimate of drug-likeness (QED) is 0.884. The number of aryl methyl sites for hydroxylation is 1. The molecule has 0 fully saturated rings. The number of carbonyl (C=O) groups excluding carboxylic acids is 1. The third-order valence-corrected chi connectivity index (χ3v) is 3.18. The summed E-state index contributed by atoms with van der Waals surface area (Å²) in [6.07, 6.45) is 0. The molecule has 4 heteroatoms. The molecule has 100 valence electrons. The second kappa shape index (κ2) is 5.26. The van der Waals surface area contributed by atoms with E-state index >= 15 is 0 Å². The van der Waals surface area contributed by atoms with Crippen LogP contribution in [0, 0.1) is 12.8 Å². The van der Waals surface area contributed by atoms with Crippen molar-refractivity contribution in [1.82, 2.24) is 4.98 Å². The number of hydrogen-bond acceptors (Lipinski definition) is 3. The first-order valence-corrected chi connectivity index (χ1v) is 6.41. The zero-order chi connectivity index (χ0) is 14.0. The number of anilines is 1. The standard InChI is InChI=1S/C15H19N3O/c1-9(2)13(14(16)19)18-15-10(3)8-11-6-4-5-7-12(11)17-15/h4-9,13H,1-3H3,(H2,16,19)(H,17,18). The summed E-state index contributed by atoms with van der Waals surface area (Å²) < 4.78 is 0. The zero-order valence-electron chi connectivity index (χ0n) is 11.5. The van der Waals surface area contributed by atoms with E-state index in [9.17, 15) is 4.79 Å². The Bertz CT molecular complexity index is 607. The molecule has 1 amide bonds. The van der Waals surface area contributed by atoms with Gasteiger partial charge in [-0.25, -0.2) is 4.98 Å². The van der Waals surface area contributed by atoms with Crippen molar-refractivity contribution in [2.24, 2.45) is 11.7 Å². The highest BCUT2D eigenvalue weighted by Crippen LogP contribution is 2.21. The van der Waals surface area contributed by atoms with Gasteiger partial charge in [0.25, 0.3) is 0 Å². The lowest BCUT2D eigenvalue weighted by molar-refractivity contribution is -0.119. The Morgan fingerprint density at radius 1 is 1.32 bits per heavy atom. The van der Waals surface area contributed by atoms with Crippen LogP contribution in [0.25, 0.3) is 10.9 Å². The summed E-state index contributed by atoms with van der Waals surface area (Å²) >= 11 is 0. The zero-order valence-corrected chi connectivity index (χ0v) is 11.5. The Hall–Kier alpha value is -2.10. The number of nitrogens with two attached hydrogens (primary N) is 1. The molecule has 0 aliphatic heterocycles. The summed E-state index contributed by atoms with van der Waals surface area (Å²) in [4.78, 5) is 16.0. The van der Waals surface area contributed by atoms with Crippen LogP contribution in [0.4, 0.5) is 5.82 Å². The van der Waals surface area contributed by atoms with Crippen molar-refractivity contribution in [3.05, 3.63) is 35.9 Å². The van der Waals surface area contributed by atoms with Crippen molar-refractivity contribution in [2.45, 2.75) is 26.8 Å². The Kier molecular flexibility index (Phi) is 3.69. The van der Waals surface area contributed by atoms with E-state index in [0.717, 1.165) is 22.3 Å². The topological polar surface area (TPSA) is 68.0 Å². The van der Waals surface area contributed by atoms with Crippen LogP contribution in [-0.4, -0.2) is 16.9 Å². The normalized spacial score (nSPS) is 12.6. The predicted molar refractivity (Wildman–Crippen MR) is 77.9 cm³/mol. The minimum absolute atomic E-state index is 0.116. The molecule has 1 atom stereocenters. The summed E-state index contributed by atoms with van der Waals surface area (Å²) in [6, 6.07) is 9.55. The minimum Gasteiger partial charge on any atom is -0.368 e. The van der Waals surface area contributed by atoms with Crippen LogP contribution in [0.5, 0.6) is 0 Å². The number of para-hydroxylation sites is 1. The molecule has 0 radical (unpaired) electrons. The Morgan fingerprint density at radius 2 is 2.00 bits per heavy atom. The maximum Gasteiger partial charge on any atom is 0.240 e. The number of aromatic nitrogens is 1. The van der Waals surface area contributed by atoms with Gasteiger partial charge in [-0.1, -0.05) is 32.0 Å². The van der Waals surface area contributed by atoms with E-state index in [1.54, 1.807) is 0 Å². The second-order valence-corrected chi connectivity index (χ2v) is 5.11. The number of nitrogens with one attached hydrogen (secondary N) is 1. The molecule has 0 spiro atoms. The molecule has 2 rings (SSSR count). The van der Waals surface area contributed by atoms with Crippen molar-refractivity contribution >= 4 is 22.6 Å². The van der Waals surface area contributed by atoms with Gasteiger partial charge < -0.3 is 11.1 Å². The van der Waals surface area contributed by atoms with Crippen LogP contribution in [-0.2, 0) is 4.79 Å². The number of carbonyl (C=O) groups is 1. The first kappa shape index (κ1) is 13.3. The molecule has 1 aromatic heterocycles. The fourth-order valence-electron chi connectivity index (χ4n) is 2.08. The third kappa shape index (κ3) is 2.84. The SMILES string of the molecule is Cc1cc2ccccc2nc1NC(C(N)=O)C(C)C. The molecule has 4 nitrogen and oxygen atoms in total. The lowest BCUT2D eigenvalue weighted by Gasteiger charge is -2.21. The highest BCUT2D eigenvalue weighted by atomic mass is 16.1. The molecule has 2 aromatic rings. The van der Waals surface area contributed by atoms with E-state index in [0.29, 0.717) is 0 Å². The van der Waals surface area contributed by atoms with Crippen molar-refractivity contribution in [3.63, 3.8) is 0 Å². The third-order valence-electron chi connectivity index (χ3n) is 3.18. The molecule has 19 heavy (non-hydrogen) atoms. The Balaban J connectivity index is 2.39. The summed E-state index contributed by atoms with van der Waals surface area (Å²) in [5.74, 6) is 0.478. The van der Waals surface area contributed by atoms with Crippen molar-refractivity contribution in [1.29, 1.82) is 0 Å². The van der Waals surface area contributed by atoms with E-state index in [-0.39, 0.29) is 11.8 Å². The van der Waals surface area contributed by atoms with Crippen LogP contribution < -0.4 is 11.1 Å². The van der Waals surface area contributed by atoms with Crippen molar-refractivity contribution in [2.75, 3.05) is 5.32 Å². The van der Waals surface area contributed by atoms with Gasteiger partial charge in [0, 0.05) is 5.39 Å². The van der Waals surface area contributed by atoms with Gasteiger partial charge in [0.1, 0.15) is 11.9 Å². The molecule has 0 bridgehead atoms. The molecule has 1 unspecified atom stereocenters. The number of primary amides is 1. The molecule has 0 saturated heterocycles. The number of amides is 1. The smallest absolute Gasteiger partial charge is 0.240 e. The van der Waals surface area contributed by atoms with Gasteiger partial charge in [0.15, 0.2) is 0 Å². The van der Waals surface area contributed by atoms with E-state index in [1.165, 1.54) is 0 Å². The van der Waals surface area contributed by atoms with Crippen LogP contribution in [0.2, 0.25) is 0 Å². The van der Waals surface area contributed by atoms with Crippen LogP contribution >= 0.6 is 0 Å². The lowest BCUT2D eigenvalue weighted by atomic mass is 10.0. The monoisotopic (exact) mass is 257 g/mol. The largest absolute Gasteiger partial charge is 0.368 e. The predicted octanol–water partition coefficient (Wildman–Crippen LogP) is 2.47. The van der Waals surface area contributed by atoms with Crippen LogP contribution in [0.15, 0.2) is 30.3 Å². The van der Waals surface area contributed by atoms with Crippen LogP contribution in [0.3, 0.4) is 0 Å². The lowest BCUT2D eigenvalue weighted by Crippen LogP contribution is -2.40. The van der Waals surface area contributed by atoms with Crippen LogP contribution in [0.1, 0.15) is 19.4 Å². The van der Waals surface area contributed by atoms with E-state index in [1.807, 2.05) is 45.0 Å². The molecule has 0 aliphatic carbocycles. The van der Waals surface area contributed by atoms with Gasteiger partial charge >= 0.3 is 0 Å². The molecule has 0 aliphatic rings. The Labute approximate surface area is 113 Å². The first-order chi connectivity index (χ1) is 8.99. The summed E-state index contributed by atoms with van der Waals surface area (Å²) in [7, 11) is 0. The highest BCUT2D eigenvalue weighted by Gasteiger charge is 2.20. The maximum atomic E-state index is 11.5. The van der Waals surface area contributed by atoms with Crippen molar-refractivity contribution in [3.8, 4) is 0 Å². The average Bonchev–Trinajstić information content (AvgIpc) is 2.35. The fourth-order valence-corrected chi connectivity index (χ4v) is 2.08. The Morgan fingerprint density at radius 3 is 2.63 bits per heavy atom. The van der Waals surface area contributed by atoms with Gasteiger partial charge in [-0.2, -0.15) is 0 Å². The number of nitrogens with zero attached hydrogens (tertiary/aromatic N) is 1.